The summed E-state index contributed by atoms with van der Waals surface area (Å²) in [5.41, 5.74) is 3.99. The molecule has 3 aromatic carbocycles. The van der Waals surface area contributed by atoms with Crippen molar-refractivity contribution in [2.24, 2.45) is 0 Å². The van der Waals surface area contributed by atoms with E-state index in [1.807, 2.05) is 74.5 Å². The Labute approximate surface area is 195 Å². The summed E-state index contributed by atoms with van der Waals surface area (Å²) in [7, 11) is 0. The molecule has 0 aromatic heterocycles. The minimum Gasteiger partial charge on any atom is -0.355 e. The van der Waals surface area contributed by atoms with Crippen molar-refractivity contribution < 1.29 is 9.59 Å². The van der Waals surface area contributed by atoms with Gasteiger partial charge in [-0.05, 0) is 42.7 Å². The van der Waals surface area contributed by atoms with Gasteiger partial charge in [-0.2, -0.15) is 0 Å². The van der Waals surface area contributed by atoms with Gasteiger partial charge in [0.15, 0.2) is 0 Å². The Kier molecular flexibility index (Phi) is 8.46. The van der Waals surface area contributed by atoms with Crippen molar-refractivity contribution in [3.05, 3.63) is 106 Å². The highest BCUT2D eigenvalue weighted by atomic mass is 35.5. The van der Waals surface area contributed by atoms with Gasteiger partial charge >= 0.3 is 0 Å². The minimum absolute atomic E-state index is 0.0963. The lowest BCUT2D eigenvalue weighted by Gasteiger charge is -2.31. The zero-order valence-electron chi connectivity index (χ0n) is 18.6. The van der Waals surface area contributed by atoms with Gasteiger partial charge < -0.3 is 10.2 Å². The van der Waals surface area contributed by atoms with Gasteiger partial charge in [-0.1, -0.05) is 83.9 Å². The number of carbonyl (C=O) groups is 2. The molecule has 0 spiro atoms. The van der Waals surface area contributed by atoms with Crippen LogP contribution in [0, 0.1) is 6.92 Å². The molecule has 1 N–H and O–H groups in total. The first-order valence-corrected chi connectivity index (χ1v) is 11.2. The topological polar surface area (TPSA) is 49.4 Å². The Bertz CT molecular complexity index is 1040. The van der Waals surface area contributed by atoms with Gasteiger partial charge in [0.25, 0.3) is 0 Å². The molecule has 0 bridgehead atoms. The monoisotopic (exact) mass is 448 g/mol. The van der Waals surface area contributed by atoms with Gasteiger partial charge in [0, 0.05) is 24.5 Å². The van der Waals surface area contributed by atoms with E-state index in [-0.39, 0.29) is 18.2 Å². The maximum absolute atomic E-state index is 13.5. The van der Waals surface area contributed by atoms with Crippen molar-refractivity contribution >= 4 is 23.4 Å². The zero-order chi connectivity index (χ0) is 22.9. The second kappa shape index (κ2) is 11.5. The van der Waals surface area contributed by atoms with Gasteiger partial charge in [0.05, 0.1) is 6.42 Å². The van der Waals surface area contributed by atoms with E-state index in [1.165, 1.54) is 0 Å². The molecule has 5 heteroatoms. The molecule has 4 nitrogen and oxygen atoms in total. The molecule has 2 amide bonds. The molecule has 0 saturated heterocycles. The first-order chi connectivity index (χ1) is 15.5. The number of benzene rings is 3. The molecular weight excluding hydrogens is 420 g/mol. The number of carbonyl (C=O) groups excluding carboxylic acids is 2. The number of hydrogen-bond acceptors (Lipinski definition) is 2. The Balaban J connectivity index is 1.94. The molecule has 1 atom stereocenters. The molecule has 3 aromatic rings. The number of amides is 2. The van der Waals surface area contributed by atoms with E-state index in [0.29, 0.717) is 24.5 Å². The molecule has 0 aliphatic heterocycles. The maximum Gasteiger partial charge on any atom is 0.243 e. The summed E-state index contributed by atoms with van der Waals surface area (Å²) in [6.07, 6.45) is 0.651. The molecule has 0 unspecified atom stereocenters. The van der Waals surface area contributed by atoms with E-state index in [9.17, 15) is 9.59 Å². The van der Waals surface area contributed by atoms with Gasteiger partial charge in [-0.25, -0.2) is 0 Å². The summed E-state index contributed by atoms with van der Waals surface area (Å²) in [5.74, 6) is -0.241. The predicted octanol–water partition coefficient (Wildman–Crippen LogP) is 4.97. The number of nitrogens with zero attached hydrogens (tertiary/aromatic N) is 1. The lowest BCUT2D eigenvalue weighted by molar-refractivity contribution is -0.140. The van der Waals surface area contributed by atoms with E-state index in [4.69, 9.17) is 11.6 Å². The van der Waals surface area contributed by atoms with E-state index < -0.39 is 6.04 Å². The minimum atomic E-state index is -0.613. The summed E-state index contributed by atoms with van der Waals surface area (Å²) in [6, 6.07) is 24.5. The van der Waals surface area contributed by atoms with Crippen molar-refractivity contribution in [3.8, 4) is 0 Å². The van der Waals surface area contributed by atoms with Gasteiger partial charge in [-0.15, -0.1) is 0 Å². The molecule has 166 valence electrons. The Morgan fingerprint density at radius 3 is 2.25 bits per heavy atom. The molecule has 0 radical (unpaired) electrons. The predicted molar refractivity (Wildman–Crippen MR) is 130 cm³/mol. The number of aryl methyl sites for hydroxylation is 1. The van der Waals surface area contributed by atoms with E-state index in [2.05, 4.69) is 11.4 Å². The van der Waals surface area contributed by atoms with Crippen LogP contribution in [0.3, 0.4) is 0 Å². The first-order valence-electron chi connectivity index (χ1n) is 10.9. The van der Waals surface area contributed by atoms with Crippen molar-refractivity contribution in [2.75, 3.05) is 6.54 Å². The Hall–Kier alpha value is -3.11. The van der Waals surface area contributed by atoms with Crippen molar-refractivity contribution in [1.29, 1.82) is 0 Å². The summed E-state index contributed by atoms with van der Waals surface area (Å²) in [6.45, 7) is 4.78. The fraction of sp³-hybridized carbons (Fsp3) is 0.259. The zero-order valence-corrected chi connectivity index (χ0v) is 19.3. The second-order valence-electron chi connectivity index (χ2n) is 7.91. The van der Waals surface area contributed by atoms with E-state index in [0.717, 1.165) is 22.3 Å². The van der Waals surface area contributed by atoms with Crippen LogP contribution >= 0.6 is 11.6 Å². The number of rotatable bonds is 9. The highest BCUT2D eigenvalue weighted by Crippen LogP contribution is 2.18. The fourth-order valence-corrected chi connectivity index (χ4v) is 3.86. The van der Waals surface area contributed by atoms with Crippen LogP contribution in [0.4, 0.5) is 0 Å². The van der Waals surface area contributed by atoms with Crippen LogP contribution in [-0.2, 0) is 29.0 Å². The normalized spacial score (nSPS) is 11.6. The van der Waals surface area contributed by atoms with Crippen LogP contribution in [0.1, 0.15) is 29.2 Å². The Morgan fingerprint density at radius 2 is 1.59 bits per heavy atom. The highest BCUT2D eigenvalue weighted by molar-refractivity contribution is 6.30. The number of halogens is 1. The fourth-order valence-electron chi connectivity index (χ4n) is 3.73. The summed E-state index contributed by atoms with van der Waals surface area (Å²) in [5, 5.41) is 3.55. The summed E-state index contributed by atoms with van der Waals surface area (Å²) < 4.78 is 0. The SMILES string of the molecule is CCNC(=O)[C@@H](Cc1ccccc1)N(Cc1cccc(C)c1)C(=O)Cc1ccc(Cl)cc1. The van der Waals surface area contributed by atoms with Gasteiger partial charge in [-0.3, -0.25) is 9.59 Å². The van der Waals surface area contributed by atoms with Crippen LogP contribution in [0.25, 0.3) is 0 Å². The summed E-state index contributed by atoms with van der Waals surface area (Å²) in [4.78, 5) is 28.4. The van der Waals surface area contributed by atoms with Crippen LogP contribution in [0.15, 0.2) is 78.9 Å². The van der Waals surface area contributed by atoms with Crippen molar-refractivity contribution in [3.63, 3.8) is 0 Å². The maximum atomic E-state index is 13.5. The van der Waals surface area contributed by atoms with E-state index in [1.54, 1.807) is 17.0 Å². The third-order valence-electron chi connectivity index (χ3n) is 5.33. The molecule has 0 aliphatic rings. The first kappa shape index (κ1) is 23.6. The lowest BCUT2D eigenvalue weighted by Crippen LogP contribution is -2.50. The molecule has 0 saturated carbocycles. The summed E-state index contributed by atoms with van der Waals surface area (Å²) >= 11 is 6.00. The largest absolute Gasteiger partial charge is 0.355 e. The van der Waals surface area contributed by atoms with Crippen molar-refractivity contribution in [1.82, 2.24) is 10.2 Å². The van der Waals surface area contributed by atoms with Crippen LogP contribution in [-0.4, -0.2) is 29.3 Å². The molecular formula is C27H29ClN2O2. The second-order valence-corrected chi connectivity index (χ2v) is 8.35. The average Bonchev–Trinajstić information content (AvgIpc) is 2.78. The van der Waals surface area contributed by atoms with Crippen LogP contribution in [0.2, 0.25) is 5.02 Å². The van der Waals surface area contributed by atoms with Crippen LogP contribution < -0.4 is 5.32 Å². The molecule has 0 heterocycles. The lowest BCUT2D eigenvalue weighted by atomic mass is 10.0. The van der Waals surface area contributed by atoms with E-state index >= 15 is 0 Å². The van der Waals surface area contributed by atoms with Gasteiger partial charge in [0.1, 0.15) is 6.04 Å². The van der Waals surface area contributed by atoms with Crippen molar-refractivity contribution in [2.45, 2.75) is 39.3 Å². The average molecular weight is 449 g/mol. The third kappa shape index (κ3) is 6.69. The number of nitrogens with one attached hydrogen (secondary N) is 1. The standard InChI is InChI=1S/C27H29ClN2O2/c1-3-29-27(32)25(17-21-9-5-4-6-10-21)30(19-23-11-7-8-20(2)16-23)26(31)18-22-12-14-24(28)15-13-22/h4-16,25H,3,17-19H2,1-2H3,(H,29,32)/t25-/m1/s1. The molecule has 0 aliphatic carbocycles. The number of hydrogen-bond donors (Lipinski definition) is 1. The third-order valence-corrected chi connectivity index (χ3v) is 5.58. The van der Waals surface area contributed by atoms with Gasteiger partial charge in [0.2, 0.25) is 11.8 Å². The Morgan fingerprint density at radius 1 is 0.906 bits per heavy atom. The number of likely N-dealkylation sites (N-methyl/N-ethyl adjacent to an activating group) is 1. The van der Waals surface area contributed by atoms with Crippen LogP contribution in [0.5, 0.6) is 0 Å². The smallest absolute Gasteiger partial charge is 0.243 e. The highest BCUT2D eigenvalue weighted by Gasteiger charge is 2.30. The molecule has 3 rings (SSSR count). The molecule has 32 heavy (non-hydrogen) atoms. The quantitative estimate of drug-likeness (QED) is 0.502. The molecule has 0 fully saturated rings.